The van der Waals surface area contributed by atoms with E-state index in [-0.39, 0.29) is 30.3 Å². The van der Waals surface area contributed by atoms with Gasteiger partial charge in [0.15, 0.2) is 0 Å². The van der Waals surface area contributed by atoms with Gasteiger partial charge in [-0.05, 0) is 12.1 Å². The maximum atomic E-state index is 12.6. The van der Waals surface area contributed by atoms with Crippen LogP contribution in [-0.2, 0) is 24.3 Å². The van der Waals surface area contributed by atoms with Crippen molar-refractivity contribution in [3.63, 3.8) is 0 Å². The Kier molecular flexibility index (Phi) is 4.26. The molecule has 7 nitrogen and oxygen atoms in total. The van der Waals surface area contributed by atoms with Gasteiger partial charge in [0.1, 0.15) is 10.9 Å². The molecule has 2 rings (SSSR count). The molecule has 0 radical (unpaired) electrons. The summed E-state index contributed by atoms with van der Waals surface area (Å²) in [5.41, 5.74) is 5.86. The molecule has 20 heavy (non-hydrogen) atoms. The Balaban J connectivity index is 2.41. The number of rotatable bonds is 3. The molecule has 0 aromatic heterocycles. The lowest BCUT2D eigenvalue weighted by molar-refractivity contribution is -0.149. The Hall–Kier alpha value is -1.64. The second-order valence-corrected chi connectivity index (χ2v) is 6.13. The van der Waals surface area contributed by atoms with Crippen molar-refractivity contribution in [2.45, 2.75) is 10.9 Å². The second-order valence-electron chi connectivity index (χ2n) is 4.27. The number of esters is 1. The number of carbonyl (C=O) groups excluding carboxylic acids is 1. The molecule has 110 valence electrons. The minimum atomic E-state index is -3.87. The van der Waals surface area contributed by atoms with E-state index in [4.69, 9.17) is 10.5 Å². The number of para-hydroxylation sites is 1. The molecule has 1 aliphatic rings. The number of nitrogens with zero attached hydrogens (tertiary/aromatic N) is 1. The Morgan fingerprint density at radius 3 is 2.80 bits per heavy atom. The zero-order chi connectivity index (χ0) is 14.8. The van der Waals surface area contributed by atoms with Gasteiger partial charge in [-0.3, -0.25) is 4.79 Å². The van der Waals surface area contributed by atoms with Gasteiger partial charge in [0.05, 0.1) is 26.0 Å². The molecule has 0 amide bonds. The van der Waals surface area contributed by atoms with Crippen LogP contribution in [0.4, 0.5) is 5.69 Å². The van der Waals surface area contributed by atoms with Crippen molar-refractivity contribution in [3.05, 3.63) is 24.3 Å². The molecule has 1 heterocycles. The van der Waals surface area contributed by atoms with E-state index < -0.39 is 22.0 Å². The van der Waals surface area contributed by atoms with Crippen LogP contribution >= 0.6 is 0 Å². The van der Waals surface area contributed by atoms with E-state index in [0.717, 1.165) is 4.31 Å². The fourth-order valence-electron chi connectivity index (χ4n) is 2.04. The van der Waals surface area contributed by atoms with Crippen LogP contribution in [0, 0.1) is 0 Å². The summed E-state index contributed by atoms with van der Waals surface area (Å²) < 4.78 is 36.1. The highest BCUT2D eigenvalue weighted by molar-refractivity contribution is 7.89. The van der Waals surface area contributed by atoms with Crippen LogP contribution in [0.1, 0.15) is 0 Å². The summed E-state index contributed by atoms with van der Waals surface area (Å²) in [5.74, 6) is -0.650. The predicted molar refractivity (Wildman–Crippen MR) is 71.4 cm³/mol. The molecule has 1 fully saturated rings. The summed E-state index contributed by atoms with van der Waals surface area (Å²) in [7, 11) is -2.66. The third-order valence-electron chi connectivity index (χ3n) is 3.06. The van der Waals surface area contributed by atoms with Crippen LogP contribution < -0.4 is 5.73 Å². The van der Waals surface area contributed by atoms with Gasteiger partial charge < -0.3 is 15.2 Å². The van der Waals surface area contributed by atoms with Crippen LogP contribution in [0.25, 0.3) is 0 Å². The third kappa shape index (κ3) is 2.62. The first-order valence-corrected chi connectivity index (χ1v) is 7.44. The number of morpholine rings is 1. The second kappa shape index (κ2) is 5.78. The van der Waals surface area contributed by atoms with E-state index in [1.54, 1.807) is 12.1 Å². The fraction of sp³-hybridized carbons (Fsp3) is 0.417. The summed E-state index contributed by atoms with van der Waals surface area (Å²) in [6.07, 6.45) is 0. The molecule has 0 saturated carbocycles. The van der Waals surface area contributed by atoms with Gasteiger partial charge in [0.25, 0.3) is 0 Å². The molecule has 1 aromatic rings. The highest BCUT2D eigenvalue weighted by Gasteiger charge is 2.39. The number of methoxy groups -OCH3 is 1. The number of ether oxygens (including phenoxy) is 2. The van der Waals surface area contributed by atoms with E-state index in [1.165, 1.54) is 19.2 Å². The molecule has 1 unspecified atom stereocenters. The maximum absolute atomic E-state index is 12.6. The molecule has 1 aliphatic heterocycles. The van der Waals surface area contributed by atoms with Gasteiger partial charge in [0.2, 0.25) is 10.0 Å². The minimum Gasteiger partial charge on any atom is -0.468 e. The Morgan fingerprint density at radius 1 is 1.45 bits per heavy atom. The summed E-state index contributed by atoms with van der Waals surface area (Å²) in [6, 6.07) is 5.15. The van der Waals surface area contributed by atoms with Gasteiger partial charge in [-0.2, -0.15) is 4.31 Å². The number of sulfonamides is 1. The number of nitrogen functional groups attached to an aromatic ring is 1. The molecule has 0 aliphatic carbocycles. The van der Waals surface area contributed by atoms with E-state index in [0.29, 0.717) is 0 Å². The van der Waals surface area contributed by atoms with Gasteiger partial charge in [-0.25, -0.2) is 8.42 Å². The SMILES string of the molecule is COC(=O)C1COCCN1S(=O)(=O)c1ccccc1N. The normalized spacial score (nSPS) is 20.6. The monoisotopic (exact) mass is 300 g/mol. The molecule has 1 atom stereocenters. The molecule has 0 spiro atoms. The van der Waals surface area contributed by atoms with Gasteiger partial charge >= 0.3 is 5.97 Å². The minimum absolute atomic E-state index is 0.0178. The van der Waals surface area contributed by atoms with Crippen LogP contribution in [0.2, 0.25) is 0 Å². The van der Waals surface area contributed by atoms with Crippen molar-refractivity contribution < 1.29 is 22.7 Å². The maximum Gasteiger partial charge on any atom is 0.326 e. The van der Waals surface area contributed by atoms with Crippen molar-refractivity contribution in [3.8, 4) is 0 Å². The lowest BCUT2D eigenvalue weighted by atomic mass is 10.3. The largest absolute Gasteiger partial charge is 0.468 e. The lowest BCUT2D eigenvalue weighted by Crippen LogP contribution is -2.52. The fourth-order valence-corrected chi connectivity index (χ4v) is 3.71. The van der Waals surface area contributed by atoms with Gasteiger partial charge in [0, 0.05) is 6.54 Å². The number of hydrogen-bond donors (Lipinski definition) is 1. The smallest absolute Gasteiger partial charge is 0.326 e. The Labute approximate surface area is 117 Å². The molecule has 0 bridgehead atoms. The molecule has 1 aromatic carbocycles. The van der Waals surface area contributed by atoms with E-state index in [2.05, 4.69) is 4.74 Å². The summed E-state index contributed by atoms with van der Waals surface area (Å²) in [5, 5.41) is 0. The highest BCUT2D eigenvalue weighted by atomic mass is 32.2. The average Bonchev–Trinajstić information content (AvgIpc) is 2.46. The number of benzene rings is 1. The Bertz CT molecular complexity index is 602. The van der Waals surface area contributed by atoms with E-state index in [1.807, 2.05) is 0 Å². The van der Waals surface area contributed by atoms with Crippen LogP contribution in [-0.4, -0.2) is 51.6 Å². The number of hydrogen-bond acceptors (Lipinski definition) is 6. The Morgan fingerprint density at radius 2 is 2.15 bits per heavy atom. The summed E-state index contributed by atoms with van der Waals surface area (Å²) >= 11 is 0. The third-order valence-corrected chi connectivity index (χ3v) is 5.04. The van der Waals surface area contributed by atoms with Crippen molar-refractivity contribution >= 4 is 21.7 Å². The molecule has 8 heteroatoms. The number of carbonyl (C=O) groups is 1. The van der Waals surface area contributed by atoms with E-state index >= 15 is 0 Å². The van der Waals surface area contributed by atoms with Crippen molar-refractivity contribution in [1.82, 2.24) is 4.31 Å². The zero-order valence-electron chi connectivity index (χ0n) is 11.0. The molecular formula is C12H16N2O5S. The standard InChI is InChI=1S/C12H16N2O5S/c1-18-12(15)10-8-19-7-6-14(10)20(16,17)11-5-3-2-4-9(11)13/h2-5,10H,6-8,13H2,1H3. The van der Waals surface area contributed by atoms with Crippen LogP contribution in [0.15, 0.2) is 29.2 Å². The van der Waals surface area contributed by atoms with Gasteiger partial charge in [-0.1, -0.05) is 12.1 Å². The number of nitrogens with two attached hydrogens (primary N) is 1. The molecular weight excluding hydrogens is 284 g/mol. The molecule has 1 saturated heterocycles. The van der Waals surface area contributed by atoms with Crippen LogP contribution in [0.5, 0.6) is 0 Å². The first-order chi connectivity index (χ1) is 9.48. The van der Waals surface area contributed by atoms with E-state index in [9.17, 15) is 13.2 Å². The first-order valence-electron chi connectivity index (χ1n) is 6.00. The summed E-state index contributed by atoms with van der Waals surface area (Å²) in [6.45, 7) is 0.272. The summed E-state index contributed by atoms with van der Waals surface area (Å²) in [4.78, 5) is 11.7. The number of anilines is 1. The van der Waals surface area contributed by atoms with Gasteiger partial charge in [-0.15, -0.1) is 0 Å². The first kappa shape index (κ1) is 14.8. The zero-order valence-corrected chi connectivity index (χ0v) is 11.8. The van der Waals surface area contributed by atoms with Crippen molar-refractivity contribution in [2.24, 2.45) is 0 Å². The highest BCUT2D eigenvalue weighted by Crippen LogP contribution is 2.25. The quantitative estimate of drug-likeness (QED) is 0.615. The lowest BCUT2D eigenvalue weighted by Gasteiger charge is -2.32. The van der Waals surface area contributed by atoms with Crippen molar-refractivity contribution in [1.29, 1.82) is 0 Å². The topological polar surface area (TPSA) is 98.9 Å². The van der Waals surface area contributed by atoms with Crippen LogP contribution in [0.3, 0.4) is 0 Å². The van der Waals surface area contributed by atoms with Crippen molar-refractivity contribution in [2.75, 3.05) is 32.6 Å². The predicted octanol–water partition coefficient (Wildman–Crippen LogP) is -0.169. The molecule has 2 N–H and O–H groups in total. The average molecular weight is 300 g/mol.